The maximum atomic E-state index is 4.53. The summed E-state index contributed by atoms with van der Waals surface area (Å²) < 4.78 is 0. The lowest BCUT2D eigenvalue weighted by Gasteiger charge is -2.03. The van der Waals surface area contributed by atoms with E-state index in [1.807, 2.05) is 57.5 Å². The van der Waals surface area contributed by atoms with Gasteiger partial charge in [-0.2, -0.15) is 5.10 Å². The third kappa shape index (κ3) is 2.27. The van der Waals surface area contributed by atoms with Crippen LogP contribution in [0.1, 0.15) is 5.69 Å². The molecule has 0 fully saturated rings. The van der Waals surface area contributed by atoms with Crippen LogP contribution in [-0.4, -0.2) is 28.0 Å². The minimum atomic E-state index is 0.870. The molecule has 0 spiro atoms. The highest BCUT2D eigenvalue weighted by atomic mass is 15.1. The normalized spacial score (nSPS) is 10.6. The van der Waals surface area contributed by atoms with Crippen molar-refractivity contribution in [3.63, 3.8) is 0 Å². The molecule has 0 aliphatic carbocycles. The summed E-state index contributed by atoms with van der Waals surface area (Å²) in [6, 6.07) is 9.97. The summed E-state index contributed by atoms with van der Waals surface area (Å²) >= 11 is 0. The second-order valence-electron chi connectivity index (χ2n) is 4.50. The zero-order valence-electron chi connectivity index (χ0n) is 10.9. The first-order valence-electron chi connectivity index (χ1n) is 6.15. The molecule has 1 N–H and O–H groups in total. The zero-order valence-corrected chi connectivity index (χ0v) is 10.9. The van der Waals surface area contributed by atoms with E-state index in [1.54, 1.807) is 0 Å². The van der Waals surface area contributed by atoms with Crippen LogP contribution in [-0.2, 0) is 0 Å². The number of pyridine rings is 2. The van der Waals surface area contributed by atoms with E-state index in [0.29, 0.717) is 0 Å². The van der Waals surface area contributed by atoms with Gasteiger partial charge in [-0.1, -0.05) is 6.07 Å². The van der Waals surface area contributed by atoms with Gasteiger partial charge in [0.25, 0.3) is 0 Å². The molecule has 3 rings (SSSR count). The van der Waals surface area contributed by atoms with Gasteiger partial charge in [-0.05, 0) is 42.3 Å². The molecule has 92 valence electrons. The molecule has 0 aromatic carbocycles. The van der Waals surface area contributed by atoms with Crippen molar-refractivity contribution in [2.75, 3.05) is 0 Å². The topological polar surface area (TPSA) is 54.5 Å². The number of nitrogens with one attached hydrogen (secondary N) is 1. The molecule has 0 bridgehead atoms. The fourth-order valence-electron chi connectivity index (χ4n) is 2.09. The molecule has 19 heavy (non-hydrogen) atoms. The highest BCUT2D eigenvalue weighted by molar-refractivity contribution is 6.30. The van der Waals surface area contributed by atoms with Crippen LogP contribution in [0.25, 0.3) is 22.5 Å². The van der Waals surface area contributed by atoms with Gasteiger partial charge < -0.3 is 0 Å². The summed E-state index contributed by atoms with van der Waals surface area (Å²) in [7, 11) is 1.98. The van der Waals surface area contributed by atoms with Crippen LogP contribution in [0.2, 0.25) is 0 Å². The van der Waals surface area contributed by atoms with E-state index in [9.17, 15) is 0 Å². The van der Waals surface area contributed by atoms with Crippen molar-refractivity contribution in [3.05, 3.63) is 48.4 Å². The molecule has 0 saturated heterocycles. The maximum absolute atomic E-state index is 4.53. The Bertz CT molecular complexity index is 661. The third-order valence-corrected chi connectivity index (χ3v) is 2.98. The van der Waals surface area contributed by atoms with Crippen LogP contribution in [0.4, 0.5) is 0 Å². The van der Waals surface area contributed by atoms with Crippen LogP contribution >= 0.6 is 0 Å². The predicted molar refractivity (Wildman–Crippen MR) is 78.0 cm³/mol. The molecule has 3 heterocycles. The van der Waals surface area contributed by atoms with E-state index in [1.165, 1.54) is 0 Å². The SMILES string of the molecule is Bc1cc(-c2c[nH]nc2-c2cccc(C)n2)ccn1. The number of nitrogens with zero attached hydrogens (tertiary/aromatic N) is 3. The summed E-state index contributed by atoms with van der Waals surface area (Å²) in [6.45, 7) is 1.98. The zero-order chi connectivity index (χ0) is 13.2. The van der Waals surface area contributed by atoms with Crippen LogP contribution in [0.15, 0.2) is 42.7 Å². The molecule has 0 aliphatic rings. The lowest BCUT2D eigenvalue weighted by atomic mass is 9.98. The molecule has 3 aromatic heterocycles. The Morgan fingerprint density at radius 1 is 1.21 bits per heavy atom. The van der Waals surface area contributed by atoms with Gasteiger partial charge in [0.05, 0.1) is 5.69 Å². The summed E-state index contributed by atoms with van der Waals surface area (Å²) in [5, 5.41) is 7.25. The van der Waals surface area contributed by atoms with Crippen molar-refractivity contribution in [1.29, 1.82) is 0 Å². The maximum Gasteiger partial charge on any atom is 0.163 e. The third-order valence-electron chi connectivity index (χ3n) is 2.98. The number of aromatic nitrogens is 4. The van der Waals surface area contributed by atoms with Gasteiger partial charge in [0.2, 0.25) is 0 Å². The van der Waals surface area contributed by atoms with Crippen molar-refractivity contribution >= 4 is 13.4 Å². The van der Waals surface area contributed by atoms with E-state index >= 15 is 0 Å². The smallest absolute Gasteiger partial charge is 0.163 e. The average Bonchev–Trinajstić information content (AvgIpc) is 2.88. The Labute approximate surface area is 112 Å². The van der Waals surface area contributed by atoms with Crippen molar-refractivity contribution in [1.82, 2.24) is 20.2 Å². The fourth-order valence-corrected chi connectivity index (χ4v) is 2.09. The van der Waals surface area contributed by atoms with E-state index in [-0.39, 0.29) is 0 Å². The molecule has 0 saturated carbocycles. The molecule has 0 amide bonds. The monoisotopic (exact) mass is 248 g/mol. The molecule has 0 unspecified atom stereocenters. The molecule has 5 heteroatoms. The first-order valence-corrected chi connectivity index (χ1v) is 6.15. The Balaban J connectivity index is 2.13. The standard InChI is InChI=1S/C14H13BN4/c1-9-3-2-4-12(18-9)14-11(8-17-19-14)10-5-6-16-13(15)7-10/h2-8H,15H2,1H3,(H,17,19). The Morgan fingerprint density at radius 3 is 2.89 bits per heavy atom. The van der Waals surface area contributed by atoms with E-state index < -0.39 is 0 Å². The first kappa shape index (κ1) is 11.7. The van der Waals surface area contributed by atoms with Crippen molar-refractivity contribution in [3.8, 4) is 22.5 Å². The molecule has 0 aliphatic heterocycles. The molecular weight excluding hydrogens is 235 g/mol. The lowest BCUT2D eigenvalue weighted by molar-refractivity contribution is 1.08. The van der Waals surface area contributed by atoms with Gasteiger partial charge in [0.15, 0.2) is 7.85 Å². The number of hydrogen-bond acceptors (Lipinski definition) is 3. The number of aryl methyl sites for hydroxylation is 1. The van der Waals surface area contributed by atoms with Gasteiger partial charge in [-0.15, -0.1) is 0 Å². The highest BCUT2D eigenvalue weighted by Gasteiger charge is 2.11. The first-order chi connectivity index (χ1) is 9.24. The Hall–Kier alpha value is -2.43. The van der Waals surface area contributed by atoms with E-state index in [2.05, 4.69) is 20.2 Å². The Morgan fingerprint density at radius 2 is 2.11 bits per heavy atom. The highest BCUT2D eigenvalue weighted by Crippen LogP contribution is 2.28. The summed E-state index contributed by atoms with van der Waals surface area (Å²) in [5.41, 5.74) is 5.86. The largest absolute Gasteiger partial charge is 0.284 e. The van der Waals surface area contributed by atoms with Gasteiger partial charge in [-0.25, -0.2) is 0 Å². The van der Waals surface area contributed by atoms with Crippen molar-refractivity contribution in [2.24, 2.45) is 0 Å². The van der Waals surface area contributed by atoms with Crippen molar-refractivity contribution in [2.45, 2.75) is 6.92 Å². The van der Waals surface area contributed by atoms with E-state index in [0.717, 1.165) is 33.8 Å². The Kier molecular flexibility index (Phi) is 2.87. The van der Waals surface area contributed by atoms with E-state index in [4.69, 9.17) is 0 Å². The molecule has 4 nitrogen and oxygen atoms in total. The van der Waals surface area contributed by atoms with Crippen LogP contribution in [0.3, 0.4) is 0 Å². The second kappa shape index (κ2) is 4.68. The molecule has 0 radical (unpaired) electrons. The van der Waals surface area contributed by atoms with Gasteiger partial charge >= 0.3 is 0 Å². The van der Waals surface area contributed by atoms with Gasteiger partial charge in [0.1, 0.15) is 5.69 Å². The number of hydrogen-bond donors (Lipinski definition) is 1. The predicted octanol–water partition coefficient (Wildman–Crippen LogP) is 1.10. The van der Waals surface area contributed by atoms with Crippen molar-refractivity contribution < 1.29 is 0 Å². The number of H-pyrrole nitrogens is 1. The lowest BCUT2D eigenvalue weighted by Crippen LogP contribution is -2.06. The summed E-state index contributed by atoms with van der Waals surface area (Å²) in [4.78, 5) is 8.75. The average molecular weight is 248 g/mol. The number of rotatable bonds is 2. The minimum absolute atomic E-state index is 0.870. The minimum Gasteiger partial charge on any atom is -0.284 e. The van der Waals surface area contributed by atoms with Gasteiger partial charge in [0, 0.05) is 23.7 Å². The fraction of sp³-hybridized carbons (Fsp3) is 0.0714. The van der Waals surface area contributed by atoms with Crippen LogP contribution < -0.4 is 5.59 Å². The number of aromatic amines is 1. The van der Waals surface area contributed by atoms with Crippen LogP contribution in [0.5, 0.6) is 0 Å². The van der Waals surface area contributed by atoms with Crippen LogP contribution in [0, 0.1) is 6.92 Å². The molecule has 3 aromatic rings. The summed E-state index contributed by atoms with van der Waals surface area (Å²) in [6.07, 6.45) is 3.71. The van der Waals surface area contributed by atoms with Gasteiger partial charge in [-0.3, -0.25) is 15.1 Å². The molecule has 0 atom stereocenters. The molecular formula is C14H13BN4. The quantitative estimate of drug-likeness (QED) is 0.691. The summed E-state index contributed by atoms with van der Waals surface area (Å²) in [5.74, 6) is 0. The second-order valence-corrected chi connectivity index (χ2v) is 4.50.